The minimum atomic E-state index is 0.532. The smallest absolute Gasteiger partial charge is 0.130 e. The molecular formula is C16H17ClO. The van der Waals surface area contributed by atoms with Crippen LogP contribution in [0.2, 0.25) is 0 Å². The molecule has 0 bridgehead atoms. The van der Waals surface area contributed by atoms with Gasteiger partial charge in [0.25, 0.3) is 0 Å². The Balaban J connectivity index is 2.28. The molecule has 2 heteroatoms. The molecule has 0 N–H and O–H groups in total. The topological polar surface area (TPSA) is 9.23 Å². The standard InChI is InChI=1S/C16H17ClO/c1-11-6-12(2)8-15(7-11)18-16-5-4-14(10-17)9-13(16)3/h4-9H,10H2,1-3H3. The fraction of sp³-hybridized carbons (Fsp3) is 0.250. The van der Waals surface area contributed by atoms with E-state index in [9.17, 15) is 0 Å². The number of hydrogen-bond acceptors (Lipinski definition) is 1. The fourth-order valence-electron chi connectivity index (χ4n) is 2.03. The average molecular weight is 261 g/mol. The van der Waals surface area contributed by atoms with E-state index < -0.39 is 0 Å². The normalized spacial score (nSPS) is 10.4. The van der Waals surface area contributed by atoms with Crippen molar-refractivity contribution in [3.63, 3.8) is 0 Å². The quantitative estimate of drug-likeness (QED) is 0.694. The second-order valence-corrected chi connectivity index (χ2v) is 4.93. The summed E-state index contributed by atoms with van der Waals surface area (Å²) in [6.07, 6.45) is 0. The molecule has 0 aromatic heterocycles. The van der Waals surface area contributed by atoms with Crippen LogP contribution in [0.1, 0.15) is 22.3 Å². The zero-order valence-corrected chi connectivity index (χ0v) is 11.7. The van der Waals surface area contributed by atoms with E-state index in [1.807, 2.05) is 31.2 Å². The largest absolute Gasteiger partial charge is 0.457 e. The number of benzene rings is 2. The summed E-state index contributed by atoms with van der Waals surface area (Å²) in [4.78, 5) is 0. The van der Waals surface area contributed by atoms with Crippen molar-refractivity contribution in [1.82, 2.24) is 0 Å². The van der Waals surface area contributed by atoms with Crippen LogP contribution in [0.3, 0.4) is 0 Å². The van der Waals surface area contributed by atoms with Crippen molar-refractivity contribution in [3.05, 3.63) is 58.7 Å². The fourth-order valence-corrected chi connectivity index (χ4v) is 2.19. The van der Waals surface area contributed by atoms with Crippen LogP contribution >= 0.6 is 11.6 Å². The monoisotopic (exact) mass is 260 g/mol. The summed E-state index contributed by atoms with van der Waals surface area (Å²) < 4.78 is 5.93. The van der Waals surface area contributed by atoms with Gasteiger partial charge in [0.2, 0.25) is 0 Å². The summed E-state index contributed by atoms with van der Waals surface area (Å²) in [5, 5.41) is 0. The third-order valence-corrected chi connectivity index (χ3v) is 3.13. The van der Waals surface area contributed by atoms with Gasteiger partial charge in [-0.15, -0.1) is 11.6 Å². The molecule has 0 saturated heterocycles. The Bertz CT molecular complexity index is 541. The number of rotatable bonds is 3. The SMILES string of the molecule is Cc1cc(C)cc(Oc2ccc(CCl)cc2C)c1. The Labute approximate surface area is 113 Å². The summed E-state index contributed by atoms with van der Waals surface area (Å²) in [6.45, 7) is 6.18. The van der Waals surface area contributed by atoms with Crippen molar-refractivity contribution in [2.75, 3.05) is 0 Å². The van der Waals surface area contributed by atoms with Crippen LogP contribution in [0.15, 0.2) is 36.4 Å². The first-order chi connectivity index (χ1) is 8.58. The Morgan fingerprint density at radius 2 is 1.61 bits per heavy atom. The van der Waals surface area contributed by atoms with Crippen molar-refractivity contribution in [3.8, 4) is 11.5 Å². The molecule has 0 spiro atoms. The van der Waals surface area contributed by atoms with Gasteiger partial charge in [-0.1, -0.05) is 18.2 Å². The van der Waals surface area contributed by atoms with Crippen LogP contribution < -0.4 is 4.74 Å². The lowest BCUT2D eigenvalue weighted by Crippen LogP contribution is -1.90. The molecule has 0 heterocycles. The summed E-state index contributed by atoms with van der Waals surface area (Å²) in [7, 11) is 0. The third-order valence-electron chi connectivity index (χ3n) is 2.82. The first-order valence-corrected chi connectivity index (χ1v) is 6.53. The van der Waals surface area contributed by atoms with E-state index in [0.29, 0.717) is 5.88 Å². The first kappa shape index (κ1) is 13.0. The first-order valence-electron chi connectivity index (χ1n) is 6.00. The van der Waals surface area contributed by atoms with Gasteiger partial charge in [-0.2, -0.15) is 0 Å². The van der Waals surface area contributed by atoms with E-state index in [4.69, 9.17) is 16.3 Å². The Morgan fingerprint density at radius 3 is 2.17 bits per heavy atom. The number of ether oxygens (including phenoxy) is 1. The molecule has 0 unspecified atom stereocenters. The lowest BCUT2D eigenvalue weighted by Gasteiger charge is -2.11. The maximum atomic E-state index is 5.93. The van der Waals surface area contributed by atoms with Crippen LogP contribution in [0.5, 0.6) is 11.5 Å². The van der Waals surface area contributed by atoms with Crippen LogP contribution in [0, 0.1) is 20.8 Å². The molecule has 0 fully saturated rings. The highest BCUT2D eigenvalue weighted by atomic mass is 35.5. The molecule has 0 radical (unpaired) electrons. The van der Waals surface area contributed by atoms with Gasteiger partial charge < -0.3 is 4.74 Å². The molecule has 0 aliphatic rings. The molecule has 0 atom stereocenters. The molecular weight excluding hydrogens is 244 g/mol. The van der Waals surface area contributed by atoms with Gasteiger partial charge >= 0.3 is 0 Å². The van der Waals surface area contributed by atoms with E-state index in [0.717, 1.165) is 22.6 Å². The van der Waals surface area contributed by atoms with Crippen molar-refractivity contribution in [2.24, 2.45) is 0 Å². The second-order valence-electron chi connectivity index (χ2n) is 4.66. The third kappa shape index (κ3) is 3.05. The highest BCUT2D eigenvalue weighted by Crippen LogP contribution is 2.27. The second kappa shape index (κ2) is 5.45. The van der Waals surface area contributed by atoms with Crippen molar-refractivity contribution < 1.29 is 4.74 Å². The highest BCUT2D eigenvalue weighted by molar-refractivity contribution is 6.17. The van der Waals surface area contributed by atoms with Gasteiger partial charge in [-0.05, 0) is 61.2 Å². The van der Waals surface area contributed by atoms with E-state index in [1.54, 1.807) is 0 Å². The maximum Gasteiger partial charge on any atom is 0.130 e. The molecule has 0 aliphatic carbocycles. The Hall–Kier alpha value is -1.47. The molecule has 2 rings (SSSR count). The van der Waals surface area contributed by atoms with Gasteiger partial charge in [0.1, 0.15) is 11.5 Å². The van der Waals surface area contributed by atoms with E-state index in [2.05, 4.69) is 26.0 Å². The Kier molecular flexibility index (Phi) is 3.93. The van der Waals surface area contributed by atoms with Gasteiger partial charge in [-0.3, -0.25) is 0 Å². The molecule has 0 saturated carbocycles. The van der Waals surface area contributed by atoms with Crippen LogP contribution in [-0.4, -0.2) is 0 Å². The zero-order valence-electron chi connectivity index (χ0n) is 11.0. The summed E-state index contributed by atoms with van der Waals surface area (Å²) in [5.41, 5.74) is 4.63. The van der Waals surface area contributed by atoms with Crippen molar-refractivity contribution >= 4 is 11.6 Å². The molecule has 2 aromatic carbocycles. The predicted octanol–water partition coefficient (Wildman–Crippen LogP) is 5.14. The van der Waals surface area contributed by atoms with Gasteiger partial charge in [0, 0.05) is 5.88 Å². The summed E-state index contributed by atoms with van der Waals surface area (Å²) in [5.74, 6) is 2.30. The van der Waals surface area contributed by atoms with Crippen molar-refractivity contribution in [2.45, 2.75) is 26.7 Å². The van der Waals surface area contributed by atoms with Gasteiger partial charge in [0.05, 0.1) is 0 Å². The lowest BCUT2D eigenvalue weighted by atomic mass is 10.1. The minimum absolute atomic E-state index is 0.532. The summed E-state index contributed by atoms with van der Waals surface area (Å²) >= 11 is 5.81. The highest BCUT2D eigenvalue weighted by Gasteiger charge is 2.03. The molecule has 2 aromatic rings. The summed E-state index contributed by atoms with van der Waals surface area (Å²) in [6, 6.07) is 12.3. The molecule has 1 nitrogen and oxygen atoms in total. The van der Waals surface area contributed by atoms with Crippen LogP contribution in [0.25, 0.3) is 0 Å². The minimum Gasteiger partial charge on any atom is -0.457 e. The number of halogens is 1. The van der Waals surface area contributed by atoms with E-state index in [-0.39, 0.29) is 0 Å². The Morgan fingerprint density at radius 1 is 0.944 bits per heavy atom. The lowest BCUT2D eigenvalue weighted by molar-refractivity contribution is 0.478. The molecule has 0 amide bonds. The predicted molar refractivity (Wildman–Crippen MR) is 76.7 cm³/mol. The molecule has 18 heavy (non-hydrogen) atoms. The number of hydrogen-bond donors (Lipinski definition) is 0. The van der Waals surface area contributed by atoms with Crippen molar-refractivity contribution in [1.29, 1.82) is 0 Å². The van der Waals surface area contributed by atoms with E-state index >= 15 is 0 Å². The van der Waals surface area contributed by atoms with Crippen LogP contribution in [-0.2, 0) is 5.88 Å². The van der Waals surface area contributed by atoms with Gasteiger partial charge in [0.15, 0.2) is 0 Å². The van der Waals surface area contributed by atoms with E-state index in [1.165, 1.54) is 11.1 Å². The molecule has 0 aliphatic heterocycles. The average Bonchev–Trinajstić information content (AvgIpc) is 2.30. The number of aryl methyl sites for hydroxylation is 3. The maximum absolute atomic E-state index is 5.93. The molecule has 94 valence electrons. The zero-order chi connectivity index (χ0) is 13.1. The van der Waals surface area contributed by atoms with Gasteiger partial charge in [-0.25, -0.2) is 0 Å². The van der Waals surface area contributed by atoms with Crippen LogP contribution in [0.4, 0.5) is 0 Å². The number of alkyl halides is 1.